The lowest BCUT2D eigenvalue weighted by atomic mass is 9.82. The van der Waals surface area contributed by atoms with Gasteiger partial charge < -0.3 is 16.0 Å². The number of aryl methyl sites for hydroxylation is 2. The predicted molar refractivity (Wildman–Crippen MR) is 88.2 cm³/mol. The zero-order valence-electron chi connectivity index (χ0n) is 13.7. The van der Waals surface area contributed by atoms with Crippen LogP contribution in [0.3, 0.4) is 0 Å². The van der Waals surface area contributed by atoms with Crippen LogP contribution in [0, 0.1) is 5.41 Å². The fourth-order valence-electron chi connectivity index (χ4n) is 2.92. The highest BCUT2D eigenvalue weighted by molar-refractivity contribution is 6.00. The first-order valence-corrected chi connectivity index (χ1v) is 7.76. The van der Waals surface area contributed by atoms with E-state index in [-0.39, 0.29) is 18.2 Å². The van der Waals surface area contributed by atoms with Gasteiger partial charge in [-0.3, -0.25) is 19.0 Å². The minimum absolute atomic E-state index is 0.112. The van der Waals surface area contributed by atoms with Crippen LogP contribution < -0.4 is 16.0 Å². The largest absolute Gasteiger partial charge is 0.323 e. The van der Waals surface area contributed by atoms with Gasteiger partial charge in [0.05, 0.1) is 29.2 Å². The Kier molecular flexibility index (Phi) is 4.34. The molecule has 1 unspecified atom stereocenters. The first-order valence-electron chi connectivity index (χ1n) is 7.76. The molecule has 1 aliphatic rings. The number of rotatable bonds is 5. The van der Waals surface area contributed by atoms with Crippen molar-refractivity contribution in [2.75, 3.05) is 23.7 Å². The molecule has 9 heteroatoms. The quantitative estimate of drug-likeness (QED) is 0.720. The maximum absolute atomic E-state index is 12.8. The van der Waals surface area contributed by atoms with Gasteiger partial charge in [0.1, 0.15) is 0 Å². The van der Waals surface area contributed by atoms with E-state index >= 15 is 0 Å². The van der Waals surface area contributed by atoms with Gasteiger partial charge in [0.2, 0.25) is 11.8 Å². The second-order valence-corrected chi connectivity index (χ2v) is 6.19. The molecule has 3 rings (SSSR count). The number of aromatic nitrogens is 4. The summed E-state index contributed by atoms with van der Waals surface area (Å²) in [4.78, 5) is 25.1. The lowest BCUT2D eigenvalue weighted by molar-refractivity contribution is -0.129. The summed E-state index contributed by atoms with van der Waals surface area (Å²) >= 11 is 0. The van der Waals surface area contributed by atoms with E-state index in [1.165, 1.54) is 0 Å². The van der Waals surface area contributed by atoms with Crippen LogP contribution in [-0.2, 0) is 23.7 Å². The van der Waals surface area contributed by atoms with Gasteiger partial charge in [-0.25, -0.2) is 0 Å². The van der Waals surface area contributed by atoms with Crippen LogP contribution in [0.15, 0.2) is 24.8 Å². The molecule has 2 amide bonds. The average molecular weight is 331 g/mol. The Hall–Kier alpha value is -2.68. The molecule has 2 aromatic heterocycles. The van der Waals surface area contributed by atoms with Gasteiger partial charge in [0, 0.05) is 39.5 Å². The average Bonchev–Trinajstić information content (AvgIpc) is 3.23. The second kappa shape index (κ2) is 6.44. The van der Waals surface area contributed by atoms with E-state index in [1.807, 2.05) is 0 Å². The molecule has 3 N–H and O–H groups in total. The molecule has 0 bridgehead atoms. The van der Waals surface area contributed by atoms with Crippen LogP contribution in [0.25, 0.3) is 0 Å². The Morgan fingerprint density at radius 1 is 1.17 bits per heavy atom. The Balaban J connectivity index is 1.68. The van der Waals surface area contributed by atoms with Gasteiger partial charge >= 0.3 is 0 Å². The third kappa shape index (κ3) is 3.46. The fourth-order valence-corrected chi connectivity index (χ4v) is 2.92. The number of hydrogen-bond donors (Lipinski definition) is 3. The topological polar surface area (TPSA) is 106 Å². The van der Waals surface area contributed by atoms with E-state index in [0.29, 0.717) is 30.9 Å². The smallest absolute Gasteiger partial charge is 0.232 e. The van der Waals surface area contributed by atoms with Crippen molar-refractivity contribution in [2.24, 2.45) is 19.5 Å². The molecule has 0 radical (unpaired) electrons. The van der Waals surface area contributed by atoms with Crippen LogP contribution in [-0.4, -0.2) is 44.5 Å². The summed E-state index contributed by atoms with van der Waals surface area (Å²) in [5.74, 6) is -0.366. The summed E-state index contributed by atoms with van der Waals surface area (Å²) in [6, 6.07) is 0. The van der Waals surface area contributed by atoms with Crippen molar-refractivity contribution in [3.05, 3.63) is 24.8 Å². The third-order valence-electron chi connectivity index (χ3n) is 4.18. The van der Waals surface area contributed by atoms with Crippen LogP contribution in [0.5, 0.6) is 0 Å². The molecule has 24 heavy (non-hydrogen) atoms. The van der Waals surface area contributed by atoms with Crippen LogP contribution in [0.2, 0.25) is 0 Å². The minimum atomic E-state index is -0.762. The SMILES string of the molecule is Cn1cc(NC(=O)CC2(C(=O)Nc3cnn(C)c3)CCNC2)cn1. The summed E-state index contributed by atoms with van der Waals surface area (Å²) < 4.78 is 3.22. The normalized spacial score (nSPS) is 20.1. The second-order valence-electron chi connectivity index (χ2n) is 6.19. The highest BCUT2D eigenvalue weighted by Crippen LogP contribution is 2.32. The molecule has 1 fully saturated rings. The van der Waals surface area contributed by atoms with Gasteiger partial charge in [0.15, 0.2) is 0 Å². The summed E-state index contributed by atoms with van der Waals surface area (Å²) in [6.07, 6.45) is 7.33. The maximum atomic E-state index is 12.8. The molecule has 1 saturated heterocycles. The Morgan fingerprint density at radius 3 is 2.29 bits per heavy atom. The van der Waals surface area contributed by atoms with Crippen molar-refractivity contribution in [1.29, 1.82) is 0 Å². The predicted octanol–water partition coefficient (Wildman–Crippen LogP) is 0.101. The number of amides is 2. The number of anilines is 2. The number of nitrogens with zero attached hydrogens (tertiary/aromatic N) is 4. The van der Waals surface area contributed by atoms with E-state index in [2.05, 4.69) is 26.1 Å². The molecule has 3 heterocycles. The lowest BCUT2D eigenvalue weighted by Crippen LogP contribution is -2.41. The third-order valence-corrected chi connectivity index (χ3v) is 4.18. The molecule has 1 atom stereocenters. The monoisotopic (exact) mass is 331 g/mol. The Bertz CT molecular complexity index is 743. The molecule has 128 valence electrons. The van der Waals surface area contributed by atoms with E-state index in [4.69, 9.17) is 0 Å². The number of carbonyl (C=O) groups is 2. The Morgan fingerprint density at radius 2 is 1.79 bits per heavy atom. The van der Waals surface area contributed by atoms with Crippen molar-refractivity contribution in [1.82, 2.24) is 24.9 Å². The first-order chi connectivity index (χ1) is 11.5. The van der Waals surface area contributed by atoms with Crippen molar-refractivity contribution >= 4 is 23.2 Å². The summed E-state index contributed by atoms with van der Waals surface area (Å²) in [5.41, 5.74) is 0.486. The highest BCUT2D eigenvalue weighted by Gasteiger charge is 2.43. The highest BCUT2D eigenvalue weighted by atomic mass is 16.2. The van der Waals surface area contributed by atoms with E-state index < -0.39 is 5.41 Å². The molecular weight excluding hydrogens is 310 g/mol. The number of hydrogen-bond acceptors (Lipinski definition) is 5. The van der Waals surface area contributed by atoms with Crippen molar-refractivity contribution in [2.45, 2.75) is 12.8 Å². The zero-order valence-corrected chi connectivity index (χ0v) is 13.7. The van der Waals surface area contributed by atoms with Gasteiger partial charge in [-0.1, -0.05) is 0 Å². The van der Waals surface area contributed by atoms with E-state index in [1.54, 1.807) is 48.2 Å². The molecule has 9 nitrogen and oxygen atoms in total. The van der Waals surface area contributed by atoms with Gasteiger partial charge in [-0.15, -0.1) is 0 Å². The molecular formula is C15H21N7O2. The zero-order chi connectivity index (χ0) is 17.2. The molecule has 2 aromatic rings. The van der Waals surface area contributed by atoms with Crippen LogP contribution >= 0.6 is 0 Å². The minimum Gasteiger partial charge on any atom is -0.323 e. The van der Waals surface area contributed by atoms with Gasteiger partial charge in [0.25, 0.3) is 0 Å². The van der Waals surface area contributed by atoms with Gasteiger partial charge in [-0.05, 0) is 13.0 Å². The van der Waals surface area contributed by atoms with Crippen molar-refractivity contribution < 1.29 is 9.59 Å². The molecule has 1 aliphatic heterocycles. The van der Waals surface area contributed by atoms with Crippen LogP contribution in [0.4, 0.5) is 11.4 Å². The van der Waals surface area contributed by atoms with Crippen molar-refractivity contribution in [3.8, 4) is 0 Å². The number of carbonyl (C=O) groups excluding carboxylic acids is 2. The molecule has 0 aromatic carbocycles. The standard InChI is InChI=1S/C15H21N7O2/c1-21-8-11(6-17-21)19-13(23)5-15(3-4-16-10-15)14(24)20-12-7-18-22(2)9-12/h6-9,16H,3-5,10H2,1-2H3,(H,19,23)(H,20,24). The summed E-state index contributed by atoms with van der Waals surface area (Å²) in [6.45, 7) is 1.18. The number of nitrogens with one attached hydrogen (secondary N) is 3. The maximum Gasteiger partial charge on any atom is 0.232 e. The Labute approximate surface area is 139 Å². The summed E-state index contributed by atoms with van der Waals surface area (Å²) in [5, 5.41) is 16.9. The van der Waals surface area contributed by atoms with E-state index in [9.17, 15) is 9.59 Å². The van der Waals surface area contributed by atoms with Gasteiger partial charge in [-0.2, -0.15) is 10.2 Å². The lowest BCUT2D eigenvalue weighted by Gasteiger charge is -2.25. The van der Waals surface area contributed by atoms with E-state index in [0.717, 1.165) is 0 Å². The fraction of sp³-hybridized carbons (Fsp3) is 0.467. The molecule has 0 aliphatic carbocycles. The molecule has 0 spiro atoms. The summed E-state index contributed by atoms with van der Waals surface area (Å²) in [7, 11) is 3.56. The van der Waals surface area contributed by atoms with Crippen molar-refractivity contribution in [3.63, 3.8) is 0 Å². The van der Waals surface area contributed by atoms with Crippen LogP contribution in [0.1, 0.15) is 12.8 Å². The molecule has 0 saturated carbocycles. The first kappa shape index (κ1) is 16.2.